The van der Waals surface area contributed by atoms with E-state index in [1.807, 2.05) is 18.7 Å². The summed E-state index contributed by atoms with van der Waals surface area (Å²) in [5.74, 6) is -3.40. The molecule has 2 fully saturated rings. The van der Waals surface area contributed by atoms with E-state index in [4.69, 9.17) is 9.47 Å². The Labute approximate surface area is 219 Å². The highest BCUT2D eigenvalue weighted by molar-refractivity contribution is 6.03. The van der Waals surface area contributed by atoms with Gasteiger partial charge in [-0.1, -0.05) is 12.6 Å². The molecule has 4 heterocycles. The zero-order valence-corrected chi connectivity index (χ0v) is 21.5. The SMILES string of the molecule is C=CC(=O)N1CCN2C(=O)c3c(N4C[C@@H](OC)CC4(C)C)nc(-c4c(O)cccc4F)c(F)c3OC[C@H]2C1. The number of fused-ring (bicyclic) bond motifs is 2. The van der Waals surface area contributed by atoms with Gasteiger partial charge in [0.15, 0.2) is 11.6 Å². The quantitative estimate of drug-likeness (QED) is 0.610. The molecule has 0 aliphatic carbocycles. The molecule has 38 heavy (non-hydrogen) atoms. The van der Waals surface area contributed by atoms with Crippen LogP contribution in [-0.4, -0.2) is 89.3 Å². The first-order valence-electron chi connectivity index (χ1n) is 12.4. The van der Waals surface area contributed by atoms with Crippen molar-refractivity contribution < 1.29 is 33.0 Å². The molecule has 3 aliphatic rings. The van der Waals surface area contributed by atoms with Crippen molar-refractivity contribution in [3.05, 3.63) is 48.1 Å². The van der Waals surface area contributed by atoms with E-state index in [1.54, 1.807) is 16.9 Å². The molecule has 0 saturated carbocycles. The third-order valence-corrected chi connectivity index (χ3v) is 7.60. The van der Waals surface area contributed by atoms with Gasteiger partial charge >= 0.3 is 0 Å². The van der Waals surface area contributed by atoms with Crippen LogP contribution in [0.4, 0.5) is 14.6 Å². The Morgan fingerprint density at radius 2 is 2.03 bits per heavy atom. The fourth-order valence-corrected chi connectivity index (χ4v) is 5.60. The number of aromatic nitrogens is 1. The number of carbonyl (C=O) groups excluding carboxylic acids is 2. The lowest BCUT2D eigenvalue weighted by Crippen LogP contribution is -2.57. The Morgan fingerprint density at radius 1 is 1.26 bits per heavy atom. The van der Waals surface area contributed by atoms with Crippen LogP contribution in [0.2, 0.25) is 0 Å². The van der Waals surface area contributed by atoms with Gasteiger partial charge in [-0.3, -0.25) is 9.59 Å². The Hall–Kier alpha value is -3.73. The number of amides is 2. The van der Waals surface area contributed by atoms with Crippen molar-refractivity contribution in [3.63, 3.8) is 0 Å². The minimum atomic E-state index is -1.04. The van der Waals surface area contributed by atoms with Crippen LogP contribution >= 0.6 is 0 Å². The lowest BCUT2D eigenvalue weighted by molar-refractivity contribution is -0.128. The van der Waals surface area contributed by atoms with Crippen LogP contribution in [0.15, 0.2) is 30.9 Å². The third kappa shape index (κ3) is 4.14. The molecule has 1 aromatic heterocycles. The predicted octanol–water partition coefficient (Wildman–Crippen LogP) is 2.97. The second-order valence-electron chi connectivity index (χ2n) is 10.4. The van der Waals surface area contributed by atoms with Gasteiger partial charge in [0.25, 0.3) is 5.91 Å². The number of aromatic hydroxyl groups is 1. The van der Waals surface area contributed by atoms with Crippen molar-refractivity contribution in [2.45, 2.75) is 38.0 Å². The second-order valence-corrected chi connectivity index (χ2v) is 10.4. The van der Waals surface area contributed by atoms with Crippen molar-refractivity contribution in [1.82, 2.24) is 14.8 Å². The van der Waals surface area contributed by atoms with Gasteiger partial charge in [-0.05, 0) is 38.5 Å². The first kappa shape index (κ1) is 25.9. The molecule has 1 aromatic carbocycles. The fraction of sp³-hybridized carbons (Fsp3) is 0.444. The number of anilines is 1. The molecule has 5 rings (SSSR count). The molecular formula is C27H30F2N4O5. The maximum absolute atomic E-state index is 16.1. The van der Waals surface area contributed by atoms with Crippen LogP contribution in [0.1, 0.15) is 30.6 Å². The molecule has 3 aliphatic heterocycles. The molecule has 0 bridgehead atoms. The van der Waals surface area contributed by atoms with Gasteiger partial charge in [0.05, 0.1) is 17.7 Å². The number of nitrogens with zero attached hydrogens (tertiary/aromatic N) is 4. The summed E-state index contributed by atoms with van der Waals surface area (Å²) in [5, 5.41) is 10.5. The highest BCUT2D eigenvalue weighted by atomic mass is 19.1. The summed E-state index contributed by atoms with van der Waals surface area (Å²) < 4.78 is 42.6. The third-order valence-electron chi connectivity index (χ3n) is 7.60. The molecular weight excluding hydrogens is 498 g/mol. The van der Waals surface area contributed by atoms with E-state index in [0.29, 0.717) is 13.0 Å². The Morgan fingerprint density at radius 3 is 2.68 bits per heavy atom. The monoisotopic (exact) mass is 528 g/mol. The molecule has 2 atom stereocenters. The number of rotatable bonds is 4. The van der Waals surface area contributed by atoms with Crippen molar-refractivity contribution in [3.8, 4) is 22.8 Å². The number of phenolic OH excluding ortho intramolecular Hbond substituents is 1. The summed E-state index contributed by atoms with van der Waals surface area (Å²) in [5.41, 5.74) is -1.50. The first-order valence-corrected chi connectivity index (χ1v) is 12.4. The average Bonchev–Trinajstić information content (AvgIpc) is 3.12. The van der Waals surface area contributed by atoms with Crippen LogP contribution in [0, 0.1) is 11.6 Å². The molecule has 2 saturated heterocycles. The lowest BCUT2D eigenvalue weighted by Gasteiger charge is -2.40. The van der Waals surface area contributed by atoms with Crippen molar-refractivity contribution in [2.24, 2.45) is 0 Å². The lowest BCUT2D eigenvalue weighted by atomic mass is 9.99. The number of hydrogen-bond acceptors (Lipinski definition) is 7. The van der Waals surface area contributed by atoms with Gasteiger partial charge in [-0.25, -0.2) is 13.8 Å². The average molecular weight is 529 g/mol. The summed E-state index contributed by atoms with van der Waals surface area (Å²) in [7, 11) is 1.59. The van der Waals surface area contributed by atoms with E-state index in [1.165, 1.54) is 18.2 Å². The number of hydrogen-bond donors (Lipinski definition) is 1. The van der Waals surface area contributed by atoms with E-state index in [9.17, 15) is 19.1 Å². The van der Waals surface area contributed by atoms with E-state index < -0.39 is 46.1 Å². The van der Waals surface area contributed by atoms with Gasteiger partial charge in [0.2, 0.25) is 5.91 Å². The number of phenols is 1. The van der Waals surface area contributed by atoms with Gasteiger partial charge in [-0.2, -0.15) is 0 Å². The number of benzene rings is 1. The number of halogens is 2. The van der Waals surface area contributed by atoms with E-state index in [0.717, 1.165) is 6.07 Å². The number of ether oxygens (including phenoxy) is 2. The predicted molar refractivity (Wildman–Crippen MR) is 135 cm³/mol. The normalized spacial score (nSPS) is 22.4. The number of pyridine rings is 1. The number of methoxy groups -OCH3 is 1. The highest BCUT2D eigenvalue weighted by Gasteiger charge is 2.46. The molecule has 2 amide bonds. The van der Waals surface area contributed by atoms with Gasteiger partial charge in [0, 0.05) is 38.8 Å². The zero-order chi connectivity index (χ0) is 27.4. The van der Waals surface area contributed by atoms with E-state index in [-0.39, 0.29) is 55.4 Å². The molecule has 9 nitrogen and oxygen atoms in total. The van der Waals surface area contributed by atoms with Crippen LogP contribution in [0.25, 0.3) is 11.3 Å². The van der Waals surface area contributed by atoms with E-state index >= 15 is 4.39 Å². The standard InChI is InChI=1S/C27H30F2N4O5/c1-5-19(35)31-9-10-32-15(12-31)14-38-24-21(26(32)36)25(33-13-16(37-4)11-27(33,2)3)30-23(22(24)29)20-17(28)7-6-8-18(20)34/h5-8,15-16,34H,1,9-14H2,2-4H3/t15-,16+/m1/s1. The number of piperazine rings is 1. The first-order chi connectivity index (χ1) is 18.1. The summed E-state index contributed by atoms with van der Waals surface area (Å²) in [4.78, 5) is 35.7. The Balaban J connectivity index is 1.70. The minimum Gasteiger partial charge on any atom is -0.507 e. The molecule has 0 unspecified atom stereocenters. The van der Waals surface area contributed by atoms with Gasteiger partial charge in [-0.15, -0.1) is 0 Å². The highest BCUT2D eigenvalue weighted by Crippen LogP contribution is 2.45. The van der Waals surface area contributed by atoms with Crippen LogP contribution in [-0.2, 0) is 9.53 Å². The molecule has 11 heteroatoms. The Bertz CT molecular complexity index is 1300. The van der Waals surface area contributed by atoms with Gasteiger partial charge in [0.1, 0.15) is 35.2 Å². The minimum absolute atomic E-state index is 0.0714. The second kappa shape index (κ2) is 9.54. The summed E-state index contributed by atoms with van der Waals surface area (Å²) in [6, 6.07) is 3.10. The maximum Gasteiger partial charge on any atom is 0.262 e. The van der Waals surface area contributed by atoms with Crippen LogP contribution in [0.3, 0.4) is 0 Å². The topological polar surface area (TPSA) is 95.4 Å². The largest absolute Gasteiger partial charge is 0.507 e. The van der Waals surface area contributed by atoms with Crippen molar-refractivity contribution >= 4 is 17.6 Å². The summed E-state index contributed by atoms with van der Waals surface area (Å²) >= 11 is 0. The smallest absolute Gasteiger partial charge is 0.262 e. The van der Waals surface area contributed by atoms with Crippen molar-refractivity contribution in [1.29, 1.82) is 0 Å². The summed E-state index contributed by atoms with van der Waals surface area (Å²) in [6.45, 7) is 8.39. The molecule has 1 N–H and O–H groups in total. The molecule has 0 spiro atoms. The maximum atomic E-state index is 16.1. The Kier molecular flexibility index (Phi) is 6.50. The molecule has 0 radical (unpaired) electrons. The van der Waals surface area contributed by atoms with Gasteiger partial charge < -0.3 is 29.3 Å². The van der Waals surface area contributed by atoms with Crippen LogP contribution in [0.5, 0.6) is 11.5 Å². The molecule has 2 aromatic rings. The number of carbonyl (C=O) groups is 2. The molecule has 202 valence electrons. The fourth-order valence-electron chi connectivity index (χ4n) is 5.60. The zero-order valence-electron chi connectivity index (χ0n) is 21.5. The van der Waals surface area contributed by atoms with Crippen molar-refractivity contribution in [2.75, 3.05) is 44.8 Å². The van der Waals surface area contributed by atoms with Crippen LogP contribution < -0.4 is 9.64 Å². The summed E-state index contributed by atoms with van der Waals surface area (Å²) in [6.07, 6.45) is 1.64. The van der Waals surface area contributed by atoms with E-state index in [2.05, 4.69) is 11.6 Å².